The van der Waals surface area contributed by atoms with Gasteiger partial charge in [0.2, 0.25) is 0 Å². The van der Waals surface area contributed by atoms with E-state index in [-0.39, 0.29) is 0 Å². The van der Waals surface area contributed by atoms with Crippen LogP contribution in [0.3, 0.4) is 0 Å². The van der Waals surface area contributed by atoms with Gasteiger partial charge < -0.3 is 15.0 Å². The molecule has 0 amide bonds. The Bertz CT molecular complexity index is 365. The van der Waals surface area contributed by atoms with Crippen LogP contribution in [0, 0.1) is 6.92 Å². The van der Waals surface area contributed by atoms with E-state index in [0.717, 1.165) is 25.4 Å². The summed E-state index contributed by atoms with van der Waals surface area (Å²) in [6.07, 6.45) is 0. The van der Waals surface area contributed by atoms with Crippen LogP contribution in [0.2, 0.25) is 0 Å². The molecule has 0 bridgehead atoms. The highest BCUT2D eigenvalue weighted by molar-refractivity contribution is 5.39. The highest BCUT2D eigenvalue weighted by atomic mass is 16.5. The Kier molecular flexibility index (Phi) is 3.46. The van der Waals surface area contributed by atoms with E-state index in [2.05, 4.69) is 42.4 Å². The van der Waals surface area contributed by atoms with Gasteiger partial charge in [-0.3, -0.25) is 0 Å². The maximum Gasteiger partial charge on any atom is 0.123 e. The van der Waals surface area contributed by atoms with Crippen molar-refractivity contribution in [1.82, 2.24) is 10.2 Å². The molecule has 3 nitrogen and oxygen atoms in total. The number of hydrogen-bond donors (Lipinski definition) is 1. The predicted octanol–water partition coefficient (Wildman–Crippen LogP) is 1.58. The molecule has 1 aliphatic heterocycles. The Labute approximate surface area is 97.4 Å². The van der Waals surface area contributed by atoms with Gasteiger partial charge in [0.05, 0.1) is 7.11 Å². The number of piperazine rings is 1. The molecule has 1 aromatic rings. The molecule has 1 fully saturated rings. The lowest BCUT2D eigenvalue weighted by Gasteiger charge is -2.32. The van der Waals surface area contributed by atoms with E-state index in [0.29, 0.717) is 6.04 Å². The minimum Gasteiger partial charge on any atom is -0.496 e. The molecule has 2 rings (SSSR count). The van der Waals surface area contributed by atoms with Crippen LogP contribution < -0.4 is 10.1 Å². The second kappa shape index (κ2) is 4.85. The van der Waals surface area contributed by atoms with E-state index in [1.165, 1.54) is 11.1 Å². The predicted molar refractivity (Wildman–Crippen MR) is 66.0 cm³/mol. The van der Waals surface area contributed by atoms with Crippen LogP contribution in [0.1, 0.15) is 17.2 Å². The van der Waals surface area contributed by atoms with E-state index in [1.807, 2.05) is 0 Å². The van der Waals surface area contributed by atoms with Crippen LogP contribution in [0.4, 0.5) is 0 Å². The molecule has 0 radical (unpaired) electrons. The number of rotatable bonds is 2. The zero-order valence-electron chi connectivity index (χ0n) is 10.3. The topological polar surface area (TPSA) is 24.5 Å². The lowest BCUT2D eigenvalue weighted by molar-refractivity contribution is 0.237. The van der Waals surface area contributed by atoms with Gasteiger partial charge in [-0.15, -0.1) is 0 Å². The number of nitrogens with zero attached hydrogens (tertiary/aromatic N) is 1. The van der Waals surface area contributed by atoms with Crippen LogP contribution in [0.5, 0.6) is 5.75 Å². The summed E-state index contributed by atoms with van der Waals surface area (Å²) >= 11 is 0. The minimum absolute atomic E-state index is 0.383. The number of benzene rings is 1. The van der Waals surface area contributed by atoms with Crippen molar-refractivity contribution in [2.75, 3.05) is 33.8 Å². The summed E-state index contributed by atoms with van der Waals surface area (Å²) in [7, 11) is 3.90. The van der Waals surface area contributed by atoms with Crippen LogP contribution in [-0.4, -0.2) is 38.7 Å². The normalized spacial score (nSPS) is 22.1. The summed E-state index contributed by atoms with van der Waals surface area (Å²) in [6, 6.07) is 6.75. The quantitative estimate of drug-likeness (QED) is 0.819. The molecule has 1 unspecified atom stereocenters. The van der Waals surface area contributed by atoms with Crippen LogP contribution in [-0.2, 0) is 0 Å². The standard InChI is InChI=1S/C13H20N2O/c1-10-4-5-13(16-3)11(8-10)12-9-15(2)7-6-14-12/h4-5,8,12,14H,6-7,9H2,1-3H3. The van der Waals surface area contributed by atoms with Crippen molar-refractivity contribution in [2.45, 2.75) is 13.0 Å². The van der Waals surface area contributed by atoms with Crippen LogP contribution >= 0.6 is 0 Å². The molecule has 1 aromatic carbocycles. The summed E-state index contributed by atoms with van der Waals surface area (Å²) in [5.74, 6) is 0.985. The van der Waals surface area contributed by atoms with Gasteiger partial charge in [0.15, 0.2) is 0 Å². The molecular weight excluding hydrogens is 200 g/mol. The molecule has 0 aromatic heterocycles. The number of methoxy groups -OCH3 is 1. The van der Waals surface area contributed by atoms with E-state index in [4.69, 9.17) is 4.74 Å². The smallest absolute Gasteiger partial charge is 0.123 e. The number of likely N-dealkylation sites (N-methyl/N-ethyl adjacent to an activating group) is 1. The van der Waals surface area contributed by atoms with Gasteiger partial charge in [0.1, 0.15) is 5.75 Å². The van der Waals surface area contributed by atoms with Crippen molar-refractivity contribution < 1.29 is 4.74 Å². The first-order valence-electron chi connectivity index (χ1n) is 5.77. The first kappa shape index (κ1) is 11.4. The largest absolute Gasteiger partial charge is 0.496 e. The Balaban J connectivity index is 2.26. The van der Waals surface area contributed by atoms with Crippen molar-refractivity contribution in [3.05, 3.63) is 29.3 Å². The third kappa shape index (κ3) is 2.36. The fourth-order valence-corrected chi connectivity index (χ4v) is 2.23. The number of hydrogen-bond acceptors (Lipinski definition) is 3. The molecule has 1 saturated heterocycles. The average molecular weight is 220 g/mol. The van der Waals surface area contributed by atoms with Crippen molar-refractivity contribution in [3.63, 3.8) is 0 Å². The van der Waals surface area contributed by atoms with Gasteiger partial charge in [-0.1, -0.05) is 17.7 Å². The zero-order chi connectivity index (χ0) is 11.5. The highest BCUT2D eigenvalue weighted by Gasteiger charge is 2.21. The molecule has 0 aliphatic carbocycles. The Hall–Kier alpha value is -1.06. The summed E-state index contributed by atoms with van der Waals surface area (Å²) < 4.78 is 5.43. The summed E-state index contributed by atoms with van der Waals surface area (Å²) in [4.78, 5) is 2.35. The average Bonchev–Trinajstić information content (AvgIpc) is 2.29. The summed E-state index contributed by atoms with van der Waals surface area (Å²) in [6.45, 7) is 5.32. The van der Waals surface area contributed by atoms with Gasteiger partial charge in [-0.25, -0.2) is 0 Å². The second-order valence-electron chi connectivity index (χ2n) is 4.51. The summed E-state index contributed by atoms with van der Waals surface area (Å²) in [5, 5.41) is 3.55. The van der Waals surface area contributed by atoms with Crippen molar-refractivity contribution in [2.24, 2.45) is 0 Å². The van der Waals surface area contributed by atoms with Gasteiger partial charge >= 0.3 is 0 Å². The number of aryl methyl sites for hydroxylation is 1. The van der Waals surface area contributed by atoms with Gasteiger partial charge in [0, 0.05) is 31.2 Å². The lowest BCUT2D eigenvalue weighted by atomic mass is 10.0. The zero-order valence-corrected chi connectivity index (χ0v) is 10.3. The van der Waals surface area contributed by atoms with Crippen LogP contribution in [0.15, 0.2) is 18.2 Å². The third-order valence-electron chi connectivity index (χ3n) is 3.14. The van der Waals surface area contributed by atoms with E-state index in [9.17, 15) is 0 Å². The highest BCUT2D eigenvalue weighted by Crippen LogP contribution is 2.27. The molecule has 88 valence electrons. The van der Waals surface area contributed by atoms with Crippen molar-refractivity contribution in [3.8, 4) is 5.75 Å². The monoisotopic (exact) mass is 220 g/mol. The third-order valence-corrected chi connectivity index (χ3v) is 3.14. The molecule has 16 heavy (non-hydrogen) atoms. The molecule has 0 saturated carbocycles. The number of nitrogens with one attached hydrogen (secondary N) is 1. The fourth-order valence-electron chi connectivity index (χ4n) is 2.23. The van der Waals surface area contributed by atoms with Gasteiger partial charge in [-0.2, -0.15) is 0 Å². The van der Waals surface area contributed by atoms with E-state index >= 15 is 0 Å². The van der Waals surface area contributed by atoms with Crippen molar-refractivity contribution >= 4 is 0 Å². The maximum atomic E-state index is 5.43. The first-order chi connectivity index (χ1) is 7.70. The molecular formula is C13H20N2O. The first-order valence-corrected chi connectivity index (χ1v) is 5.77. The molecule has 1 heterocycles. The van der Waals surface area contributed by atoms with Gasteiger partial charge in [0.25, 0.3) is 0 Å². The Morgan fingerprint density at radius 1 is 1.44 bits per heavy atom. The van der Waals surface area contributed by atoms with E-state index in [1.54, 1.807) is 7.11 Å². The summed E-state index contributed by atoms with van der Waals surface area (Å²) in [5.41, 5.74) is 2.56. The van der Waals surface area contributed by atoms with Crippen LogP contribution in [0.25, 0.3) is 0 Å². The molecule has 0 spiro atoms. The molecule has 3 heteroatoms. The second-order valence-corrected chi connectivity index (χ2v) is 4.51. The molecule has 1 aliphatic rings. The Morgan fingerprint density at radius 3 is 2.94 bits per heavy atom. The fraction of sp³-hybridized carbons (Fsp3) is 0.538. The maximum absolute atomic E-state index is 5.43. The lowest BCUT2D eigenvalue weighted by Crippen LogP contribution is -2.43. The minimum atomic E-state index is 0.383. The van der Waals surface area contributed by atoms with E-state index < -0.39 is 0 Å². The van der Waals surface area contributed by atoms with Gasteiger partial charge in [-0.05, 0) is 20.0 Å². The van der Waals surface area contributed by atoms with Crippen molar-refractivity contribution in [1.29, 1.82) is 0 Å². The number of ether oxygens (including phenoxy) is 1. The molecule has 1 N–H and O–H groups in total. The SMILES string of the molecule is COc1ccc(C)cc1C1CN(C)CCN1. The Morgan fingerprint density at radius 2 is 2.25 bits per heavy atom. The molecule has 1 atom stereocenters.